The zero-order chi connectivity index (χ0) is 16.9. The summed E-state index contributed by atoms with van der Waals surface area (Å²) in [7, 11) is 0. The largest absolute Gasteiger partial charge is 0.487 e. The molecule has 1 N–H and O–H groups in total. The molecule has 5 heteroatoms. The van der Waals surface area contributed by atoms with Gasteiger partial charge in [0.25, 0.3) is 5.91 Å². The maximum Gasteiger partial charge on any atom is 0.253 e. The summed E-state index contributed by atoms with van der Waals surface area (Å²) < 4.78 is 5.75. The summed E-state index contributed by atoms with van der Waals surface area (Å²) in [6, 6.07) is 11.8. The van der Waals surface area contributed by atoms with E-state index in [0.29, 0.717) is 18.2 Å². The Hall–Kier alpha value is -2.40. The molecule has 0 unspecified atom stereocenters. The van der Waals surface area contributed by atoms with Gasteiger partial charge in [-0.05, 0) is 43.7 Å². The second kappa shape index (κ2) is 7.45. The maximum absolute atomic E-state index is 12.7. The fraction of sp³-hybridized carbons (Fsp3) is 0.368. The smallest absolute Gasteiger partial charge is 0.253 e. The lowest BCUT2D eigenvalue weighted by atomic mass is 10.1. The third kappa shape index (κ3) is 4.11. The number of carbonyl (C=O) groups is 1. The van der Waals surface area contributed by atoms with E-state index >= 15 is 0 Å². The highest BCUT2D eigenvalue weighted by atomic mass is 16.5. The van der Waals surface area contributed by atoms with E-state index in [1.165, 1.54) is 0 Å². The fourth-order valence-electron chi connectivity index (χ4n) is 2.80. The molecule has 1 aromatic carbocycles. The Labute approximate surface area is 142 Å². The summed E-state index contributed by atoms with van der Waals surface area (Å²) in [5, 5.41) is 3.35. The Kier molecular flexibility index (Phi) is 5.11. The van der Waals surface area contributed by atoms with Crippen LogP contribution in [0.1, 0.15) is 28.5 Å². The molecule has 0 bridgehead atoms. The zero-order valence-corrected chi connectivity index (χ0v) is 14.2. The van der Waals surface area contributed by atoms with Gasteiger partial charge in [0, 0.05) is 36.9 Å². The van der Waals surface area contributed by atoms with Crippen LogP contribution in [0.25, 0.3) is 0 Å². The van der Waals surface area contributed by atoms with Gasteiger partial charge < -0.3 is 15.0 Å². The molecule has 1 atom stereocenters. The van der Waals surface area contributed by atoms with Crippen LogP contribution >= 0.6 is 0 Å². The molecule has 2 heterocycles. The molecule has 1 aliphatic heterocycles. The van der Waals surface area contributed by atoms with Crippen molar-refractivity contribution in [2.45, 2.75) is 26.5 Å². The van der Waals surface area contributed by atoms with Crippen molar-refractivity contribution in [2.24, 2.45) is 0 Å². The van der Waals surface area contributed by atoms with Crippen molar-refractivity contribution in [2.75, 3.05) is 19.6 Å². The number of hydrogen-bond donors (Lipinski definition) is 1. The van der Waals surface area contributed by atoms with Gasteiger partial charge in [-0.15, -0.1) is 0 Å². The third-order valence-corrected chi connectivity index (χ3v) is 4.12. The average molecular weight is 325 g/mol. The molecule has 1 aliphatic rings. The minimum absolute atomic E-state index is 0.0854. The normalized spacial score (nSPS) is 17.6. The second-order valence-corrected chi connectivity index (χ2v) is 6.23. The highest BCUT2D eigenvalue weighted by molar-refractivity contribution is 5.94. The summed E-state index contributed by atoms with van der Waals surface area (Å²) in [6.07, 6.45) is 1.71. The number of piperazine rings is 1. The van der Waals surface area contributed by atoms with E-state index in [9.17, 15) is 4.79 Å². The maximum atomic E-state index is 12.7. The molecule has 2 aromatic rings. The van der Waals surface area contributed by atoms with E-state index in [4.69, 9.17) is 4.74 Å². The molecule has 126 valence electrons. The topological polar surface area (TPSA) is 54.5 Å². The number of aromatic nitrogens is 1. The third-order valence-electron chi connectivity index (χ3n) is 4.12. The highest BCUT2D eigenvalue weighted by Gasteiger charge is 2.21. The molecule has 5 nitrogen and oxygen atoms in total. The van der Waals surface area contributed by atoms with Crippen LogP contribution in [0.4, 0.5) is 0 Å². The molecular formula is C19H23N3O2. The molecule has 0 saturated carbocycles. The molecule has 1 aromatic heterocycles. The standard InChI is InChI=1S/C19H23N3O2/c1-14-6-7-18(11-21-14)24-13-16-4-3-5-17(10-16)19(23)22-9-8-20-15(2)12-22/h3-7,10-11,15,20H,8-9,12-13H2,1-2H3/t15-/m0/s1. The summed E-state index contributed by atoms with van der Waals surface area (Å²) in [4.78, 5) is 18.8. The van der Waals surface area contributed by atoms with Gasteiger partial charge in [0.1, 0.15) is 12.4 Å². The van der Waals surface area contributed by atoms with E-state index in [0.717, 1.165) is 36.6 Å². The van der Waals surface area contributed by atoms with E-state index in [2.05, 4.69) is 17.2 Å². The number of benzene rings is 1. The minimum Gasteiger partial charge on any atom is -0.487 e. The lowest BCUT2D eigenvalue weighted by Crippen LogP contribution is -2.51. The number of nitrogens with one attached hydrogen (secondary N) is 1. The van der Waals surface area contributed by atoms with Crippen molar-refractivity contribution in [3.05, 3.63) is 59.4 Å². The van der Waals surface area contributed by atoms with Crippen molar-refractivity contribution >= 4 is 5.91 Å². The predicted octanol–water partition coefficient (Wildman–Crippen LogP) is 2.40. The predicted molar refractivity (Wildman–Crippen MR) is 93.1 cm³/mol. The molecular weight excluding hydrogens is 302 g/mol. The lowest BCUT2D eigenvalue weighted by Gasteiger charge is -2.32. The van der Waals surface area contributed by atoms with Crippen LogP contribution in [0.15, 0.2) is 42.6 Å². The first-order valence-corrected chi connectivity index (χ1v) is 8.29. The van der Waals surface area contributed by atoms with Gasteiger partial charge in [-0.3, -0.25) is 9.78 Å². The van der Waals surface area contributed by atoms with Crippen molar-refractivity contribution in [1.82, 2.24) is 15.2 Å². The van der Waals surface area contributed by atoms with E-state index in [-0.39, 0.29) is 5.91 Å². The van der Waals surface area contributed by atoms with Crippen LogP contribution in [0, 0.1) is 6.92 Å². The van der Waals surface area contributed by atoms with Gasteiger partial charge in [0.05, 0.1) is 6.20 Å². The Balaban J connectivity index is 1.65. The highest BCUT2D eigenvalue weighted by Crippen LogP contribution is 2.14. The first-order valence-electron chi connectivity index (χ1n) is 8.29. The Bertz CT molecular complexity index is 700. The number of amides is 1. The number of rotatable bonds is 4. The first kappa shape index (κ1) is 16.5. The Morgan fingerprint density at radius 1 is 1.38 bits per heavy atom. The quantitative estimate of drug-likeness (QED) is 0.938. The molecule has 0 radical (unpaired) electrons. The Morgan fingerprint density at radius 3 is 3.00 bits per heavy atom. The van der Waals surface area contributed by atoms with Gasteiger partial charge in [-0.2, -0.15) is 0 Å². The summed E-state index contributed by atoms with van der Waals surface area (Å²) in [5.74, 6) is 0.815. The van der Waals surface area contributed by atoms with Crippen molar-refractivity contribution in [3.8, 4) is 5.75 Å². The van der Waals surface area contributed by atoms with Gasteiger partial charge in [-0.1, -0.05) is 12.1 Å². The van der Waals surface area contributed by atoms with E-state index in [1.807, 2.05) is 48.2 Å². The monoisotopic (exact) mass is 325 g/mol. The van der Waals surface area contributed by atoms with Gasteiger partial charge in [0.15, 0.2) is 0 Å². The summed E-state index contributed by atoms with van der Waals surface area (Å²) in [6.45, 7) is 6.79. The van der Waals surface area contributed by atoms with E-state index < -0.39 is 0 Å². The second-order valence-electron chi connectivity index (χ2n) is 6.23. The molecule has 1 saturated heterocycles. The van der Waals surface area contributed by atoms with Gasteiger partial charge >= 0.3 is 0 Å². The van der Waals surface area contributed by atoms with Crippen LogP contribution < -0.4 is 10.1 Å². The number of ether oxygens (including phenoxy) is 1. The van der Waals surface area contributed by atoms with Crippen LogP contribution in [0.2, 0.25) is 0 Å². The minimum atomic E-state index is 0.0854. The van der Waals surface area contributed by atoms with Gasteiger partial charge in [0.2, 0.25) is 0 Å². The van der Waals surface area contributed by atoms with Crippen molar-refractivity contribution < 1.29 is 9.53 Å². The molecule has 24 heavy (non-hydrogen) atoms. The van der Waals surface area contributed by atoms with Crippen LogP contribution in [-0.2, 0) is 6.61 Å². The van der Waals surface area contributed by atoms with Crippen LogP contribution in [0.5, 0.6) is 5.75 Å². The SMILES string of the molecule is Cc1ccc(OCc2cccc(C(=O)N3CCN[C@@H](C)C3)c2)cn1. The van der Waals surface area contributed by atoms with Crippen molar-refractivity contribution in [3.63, 3.8) is 0 Å². The number of carbonyl (C=O) groups excluding carboxylic acids is 1. The number of pyridine rings is 1. The zero-order valence-electron chi connectivity index (χ0n) is 14.2. The van der Waals surface area contributed by atoms with Crippen LogP contribution in [0.3, 0.4) is 0 Å². The molecule has 1 fully saturated rings. The number of aryl methyl sites for hydroxylation is 1. The number of nitrogens with zero attached hydrogens (tertiary/aromatic N) is 2. The first-order chi connectivity index (χ1) is 11.6. The fourth-order valence-corrected chi connectivity index (χ4v) is 2.80. The van der Waals surface area contributed by atoms with Gasteiger partial charge in [-0.25, -0.2) is 0 Å². The molecule has 1 amide bonds. The van der Waals surface area contributed by atoms with Crippen LogP contribution in [-0.4, -0.2) is 41.5 Å². The van der Waals surface area contributed by atoms with Crippen molar-refractivity contribution in [1.29, 1.82) is 0 Å². The molecule has 0 aliphatic carbocycles. The number of hydrogen-bond acceptors (Lipinski definition) is 4. The molecule has 0 spiro atoms. The summed E-state index contributed by atoms with van der Waals surface area (Å²) >= 11 is 0. The lowest BCUT2D eigenvalue weighted by molar-refractivity contribution is 0.0709. The summed E-state index contributed by atoms with van der Waals surface area (Å²) in [5.41, 5.74) is 2.65. The van der Waals surface area contributed by atoms with E-state index in [1.54, 1.807) is 6.20 Å². The Morgan fingerprint density at radius 2 is 2.25 bits per heavy atom. The molecule has 3 rings (SSSR count). The average Bonchev–Trinajstić information content (AvgIpc) is 2.61.